The molecule has 0 radical (unpaired) electrons. The minimum absolute atomic E-state index is 0.109. The molecule has 2 N–H and O–H groups in total. The summed E-state index contributed by atoms with van der Waals surface area (Å²) in [7, 11) is 2.17. The molecule has 38 heavy (non-hydrogen) atoms. The molecule has 202 valence electrons. The maximum absolute atomic E-state index is 11.5. The Morgan fingerprint density at radius 1 is 1.16 bits per heavy atom. The van der Waals surface area contributed by atoms with E-state index >= 15 is 0 Å². The van der Waals surface area contributed by atoms with Gasteiger partial charge in [0.1, 0.15) is 0 Å². The van der Waals surface area contributed by atoms with Gasteiger partial charge in [-0.05, 0) is 76.4 Å². The van der Waals surface area contributed by atoms with Gasteiger partial charge in [0.15, 0.2) is 17.0 Å². The van der Waals surface area contributed by atoms with E-state index in [9.17, 15) is 4.79 Å². The topological polar surface area (TPSA) is 100 Å². The summed E-state index contributed by atoms with van der Waals surface area (Å²) in [5.74, 6) is 1.04. The Morgan fingerprint density at radius 3 is 2.58 bits per heavy atom. The Hall–Kier alpha value is -3.66. The number of ether oxygens (including phenoxy) is 1. The Kier molecular flexibility index (Phi) is 7.78. The van der Waals surface area contributed by atoms with Crippen molar-refractivity contribution in [3.8, 4) is 6.01 Å². The van der Waals surface area contributed by atoms with E-state index < -0.39 is 0 Å². The second kappa shape index (κ2) is 11.4. The van der Waals surface area contributed by atoms with Crippen LogP contribution in [-0.4, -0.2) is 76.2 Å². The van der Waals surface area contributed by atoms with Crippen LogP contribution in [0.15, 0.2) is 43.2 Å². The van der Waals surface area contributed by atoms with E-state index in [0.717, 1.165) is 56.8 Å². The molecule has 1 saturated heterocycles. The molecule has 1 saturated carbocycles. The molecule has 1 aliphatic heterocycles. The number of likely N-dealkylation sites (N-methyl/N-ethyl adjacent to an activating group) is 1. The first kappa shape index (κ1) is 26.0. The van der Waals surface area contributed by atoms with Gasteiger partial charge in [0.05, 0.1) is 12.9 Å². The maximum Gasteiger partial charge on any atom is 0.320 e. The average molecular weight is 519 g/mol. The number of imidazole rings is 1. The van der Waals surface area contributed by atoms with Crippen molar-refractivity contribution in [1.82, 2.24) is 29.7 Å². The van der Waals surface area contributed by atoms with Crippen LogP contribution in [0, 0.1) is 5.92 Å². The fourth-order valence-corrected chi connectivity index (χ4v) is 5.05. The third-order valence-corrected chi connectivity index (χ3v) is 7.48. The highest BCUT2D eigenvalue weighted by Gasteiger charge is 2.29. The lowest BCUT2D eigenvalue weighted by Crippen LogP contribution is -2.44. The minimum atomic E-state index is -0.109. The summed E-state index contributed by atoms with van der Waals surface area (Å²) < 4.78 is 8.06. The van der Waals surface area contributed by atoms with Gasteiger partial charge in [-0.2, -0.15) is 9.97 Å². The number of carbonyl (C=O) groups is 1. The first-order chi connectivity index (χ1) is 18.4. The molecule has 3 aromatic rings. The van der Waals surface area contributed by atoms with Crippen molar-refractivity contribution < 1.29 is 9.53 Å². The lowest BCUT2D eigenvalue weighted by Gasteiger charge is -2.35. The van der Waals surface area contributed by atoms with E-state index in [4.69, 9.17) is 14.7 Å². The van der Waals surface area contributed by atoms with Crippen molar-refractivity contribution in [3.63, 3.8) is 0 Å². The van der Waals surface area contributed by atoms with Crippen LogP contribution in [0.4, 0.5) is 17.2 Å². The molecule has 1 aromatic carbocycles. The molecule has 0 spiro atoms. The summed E-state index contributed by atoms with van der Waals surface area (Å²) in [6.45, 7) is 12.5. The van der Waals surface area contributed by atoms with Gasteiger partial charge in [0.2, 0.25) is 5.91 Å². The highest BCUT2D eigenvalue weighted by Crippen LogP contribution is 2.31. The molecule has 3 heterocycles. The number of hydrogen-bond donors (Lipinski definition) is 2. The fourth-order valence-electron chi connectivity index (χ4n) is 5.05. The standard InChI is InChI=1S/C28H38N8O2/c1-5-24(37)30-22-16-20(17-22)10-15-38-28-32-26(25-27(33-28)36(18-29-25)19(2)3)31-21-6-8-23(9-7-21)35-13-11-34(4)12-14-35/h5-9,18-20,22H,1,10-17H2,2-4H3,(H,30,37)(H,31,32,33). The lowest BCUT2D eigenvalue weighted by molar-refractivity contribution is -0.118. The Morgan fingerprint density at radius 2 is 1.89 bits per heavy atom. The summed E-state index contributed by atoms with van der Waals surface area (Å²) in [5.41, 5.74) is 3.63. The monoisotopic (exact) mass is 518 g/mol. The molecule has 0 bridgehead atoms. The first-order valence-electron chi connectivity index (χ1n) is 13.5. The fraction of sp³-hybridized carbons (Fsp3) is 0.500. The zero-order valence-electron chi connectivity index (χ0n) is 22.6. The van der Waals surface area contributed by atoms with Gasteiger partial charge in [0.25, 0.3) is 0 Å². The van der Waals surface area contributed by atoms with Gasteiger partial charge >= 0.3 is 6.01 Å². The first-order valence-corrected chi connectivity index (χ1v) is 13.5. The van der Waals surface area contributed by atoms with Crippen molar-refractivity contribution >= 4 is 34.3 Å². The number of anilines is 3. The maximum atomic E-state index is 11.5. The SMILES string of the molecule is C=CC(=O)NC1CC(CCOc2nc(Nc3ccc(N4CCN(C)CC4)cc3)c3ncn(C(C)C)c3n2)C1. The van der Waals surface area contributed by atoms with Gasteiger partial charge in [-0.3, -0.25) is 4.79 Å². The van der Waals surface area contributed by atoms with E-state index in [-0.39, 0.29) is 18.0 Å². The van der Waals surface area contributed by atoms with E-state index in [1.54, 1.807) is 0 Å². The largest absolute Gasteiger partial charge is 0.463 e. The molecular weight excluding hydrogens is 480 g/mol. The van der Waals surface area contributed by atoms with Crippen LogP contribution in [-0.2, 0) is 4.79 Å². The Labute approximate surface area is 224 Å². The van der Waals surface area contributed by atoms with Gasteiger partial charge in [-0.15, -0.1) is 0 Å². The summed E-state index contributed by atoms with van der Waals surface area (Å²) >= 11 is 0. The molecule has 2 fully saturated rings. The quantitative estimate of drug-likeness (QED) is 0.392. The van der Waals surface area contributed by atoms with Gasteiger partial charge in [-0.1, -0.05) is 6.58 Å². The van der Waals surface area contributed by atoms with E-state index in [1.807, 2.05) is 10.9 Å². The predicted octanol–water partition coefficient (Wildman–Crippen LogP) is 3.75. The normalized spacial score (nSPS) is 19.8. The third kappa shape index (κ3) is 5.91. The van der Waals surface area contributed by atoms with Crippen LogP contribution < -0.4 is 20.3 Å². The van der Waals surface area contributed by atoms with Crippen LogP contribution in [0.3, 0.4) is 0 Å². The highest BCUT2D eigenvalue weighted by atomic mass is 16.5. The number of nitrogens with one attached hydrogen (secondary N) is 2. The number of carbonyl (C=O) groups excluding carboxylic acids is 1. The second-order valence-corrected chi connectivity index (χ2v) is 10.6. The molecule has 0 atom stereocenters. The lowest BCUT2D eigenvalue weighted by atomic mass is 9.78. The molecule has 10 nitrogen and oxygen atoms in total. The van der Waals surface area contributed by atoms with Crippen LogP contribution in [0.1, 0.15) is 39.2 Å². The van der Waals surface area contributed by atoms with E-state index in [0.29, 0.717) is 29.9 Å². The number of piperazine rings is 1. The third-order valence-electron chi connectivity index (χ3n) is 7.48. The number of rotatable bonds is 10. The van der Waals surface area contributed by atoms with E-state index in [1.165, 1.54) is 11.8 Å². The van der Waals surface area contributed by atoms with Gasteiger partial charge in [-0.25, -0.2) is 4.98 Å². The van der Waals surface area contributed by atoms with E-state index in [2.05, 4.69) is 77.2 Å². The number of amides is 1. The van der Waals surface area contributed by atoms with Crippen molar-refractivity contribution in [3.05, 3.63) is 43.2 Å². The number of nitrogens with zero attached hydrogens (tertiary/aromatic N) is 6. The highest BCUT2D eigenvalue weighted by molar-refractivity contribution is 5.87. The zero-order chi connectivity index (χ0) is 26.6. The van der Waals surface area contributed by atoms with Crippen molar-refractivity contribution in [2.75, 3.05) is 50.1 Å². The van der Waals surface area contributed by atoms with Crippen LogP contribution >= 0.6 is 0 Å². The molecule has 5 rings (SSSR count). The molecular formula is C28H38N8O2. The number of aromatic nitrogens is 4. The molecule has 2 aliphatic rings. The summed E-state index contributed by atoms with van der Waals surface area (Å²) in [5, 5.41) is 6.39. The molecule has 1 aliphatic carbocycles. The van der Waals surface area contributed by atoms with Crippen molar-refractivity contribution in [2.24, 2.45) is 5.92 Å². The van der Waals surface area contributed by atoms with Crippen molar-refractivity contribution in [2.45, 2.75) is 45.2 Å². The molecule has 0 unspecified atom stereocenters. The smallest absolute Gasteiger partial charge is 0.320 e. The van der Waals surface area contributed by atoms with Gasteiger partial charge in [0, 0.05) is 49.6 Å². The van der Waals surface area contributed by atoms with Crippen LogP contribution in [0.2, 0.25) is 0 Å². The zero-order valence-corrected chi connectivity index (χ0v) is 22.6. The second-order valence-electron chi connectivity index (χ2n) is 10.6. The Bertz CT molecular complexity index is 1260. The van der Waals surface area contributed by atoms with Gasteiger partial charge < -0.3 is 29.7 Å². The molecule has 10 heteroatoms. The number of fused-ring (bicyclic) bond motifs is 1. The average Bonchev–Trinajstić information content (AvgIpc) is 3.33. The number of benzene rings is 1. The summed E-state index contributed by atoms with van der Waals surface area (Å²) in [6.07, 6.45) is 5.93. The number of hydrogen-bond acceptors (Lipinski definition) is 8. The molecule has 1 amide bonds. The summed E-state index contributed by atoms with van der Waals surface area (Å²) in [6, 6.07) is 9.25. The Balaban J connectivity index is 1.26. The minimum Gasteiger partial charge on any atom is -0.463 e. The van der Waals surface area contributed by atoms with Crippen molar-refractivity contribution in [1.29, 1.82) is 0 Å². The predicted molar refractivity (Wildman–Crippen MR) is 150 cm³/mol. The van der Waals surface area contributed by atoms with Crippen LogP contribution in [0.5, 0.6) is 6.01 Å². The van der Waals surface area contributed by atoms with Crippen LogP contribution in [0.25, 0.3) is 11.2 Å². The summed E-state index contributed by atoms with van der Waals surface area (Å²) in [4.78, 5) is 30.2. The molecule has 2 aromatic heterocycles.